The molecule has 1 aromatic rings. The van der Waals surface area contributed by atoms with Crippen LogP contribution < -0.4 is 4.74 Å². The molecule has 0 aromatic heterocycles. The molecule has 1 aliphatic heterocycles. The number of aliphatic hydroxyl groups is 1. The lowest BCUT2D eigenvalue weighted by molar-refractivity contribution is 0.163. The first kappa shape index (κ1) is 14.4. The summed E-state index contributed by atoms with van der Waals surface area (Å²) in [6.07, 6.45) is 8.01. The summed E-state index contributed by atoms with van der Waals surface area (Å²) in [4.78, 5) is 0. The summed E-state index contributed by atoms with van der Waals surface area (Å²) >= 11 is 0. The quantitative estimate of drug-likeness (QED) is 0.738. The highest BCUT2D eigenvalue weighted by atomic mass is 16.5. The lowest BCUT2D eigenvalue weighted by Crippen LogP contribution is -2.05. The molecule has 1 aliphatic rings. The van der Waals surface area contributed by atoms with Crippen LogP contribution in [0.2, 0.25) is 0 Å². The monoisotopic (exact) mass is 262 g/mol. The normalized spacial score (nSPS) is 19.0. The first-order valence-corrected chi connectivity index (χ1v) is 7.68. The maximum atomic E-state index is 10.2. The van der Waals surface area contributed by atoms with E-state index in [4.69, 9.17) is 4.74 Å². The van der Waals surface area contributed by atoms with Crippen LogP contribution in [0.3, 0.4) is 0 Å². The van der Waals surface area contributed by atoms with Gasteiger partial charge in [-0.3, -0.25) is 0 Å². The minimum absolute atomic E-state index is 0.274. The minimum atomic E-state index is -0.317. The Morgan fingerprint density at radius 1 is 1.26 bits per heavy atom. The van der Waals surface area contributed by atoms with Crippen molar-refractivity contribution < 1.29 is 9.84 Å². The number of rotatable bonds is 7. The van der Waals surface area contributed by atoms with Crippen molar-refractivity contribution in [2.75, 3.05) is 0 Å². The van der Waals surface area contributed by atoms with E-state index in [0.717, 1.165) is 30.6 Å². The minimum Gasteiger partial charge on any atom is -0.490 e. The van der Waals surface area contributed by atoms with Gasteiger partial charge in [-0.15, -0.1) is 0 Å². The molecule has 1 N–H and O–H groups in total. The molecule has 2 atom stereocenters. The molecule has 2 rings (SSSR count). The van der Waals surface area contributed by atoms with Crippen molar-refractivity contribution in [3.05, 3.63) is 29.3 Å². The fourth-order valence-electron chi connectivity index (χ4n) is 2.76. The molecule has 106 valence electrons. The van der Waals surface area contributed by atoms with Crippen LogP contribution in [0.5, 0.6) is 5.75 Å². The van der Waals surface area contributed by atoms with Gasteiger partial charge in [0.25, 0.3) is 0 Å². The van der Waals surface area contributed by atoms with Gasteiger partial charge < -0.3 is 9.84 Å². The number of aliphatic hydroxyl groups excluding tert-OH is 1. The van der Waals surface area contributed by atoms with Crippen LogP contribution >= 0.6 is 0 Å². The standard InChI is InChI=1S/C17H26O2/c1-3-4-5-6-7-8-16(18)14-9-10-17-15(12-14)11-13(2)19-17/h9-10,12-13,16,18H,3-8,11H2,1-2H3. The molecule has 0 amide bonds. The Bertz CT molecular complexity index is 400. The third-order valence-corrected chi connectivity index (χ3v) is 3.89. The van der Waals surface area contributed by atoms with Crippen molar-refractivity contribution in [2.24, 2.45) is 0 Å². The van der Waals surface area contributed by atoms with Crippen LogP contribution in [0.15, 0.2) is 18.2 Å². The number of hydrogen-bond acceptors (Lipinski definition) is 2. The average molecular weight is 262 g/mol. The van der Waals surface area contributed by atoms with Gasteiger partial charge in [0.2, 0.25) is 0 Å². The van der Waals surface area contributed by atoms with Crippen LogP contribution in [-0.4, -0.2) is 11.2 Å². The van der Waals surface area contributed by atoms with E-state index in [0.29, 0.717) is 0 Å². The molecule has 0 radical (unpaired) electrons. The second-order valence-corrected chi connectivity index (χ2v) is 5.72. The van der Waals surface area contributed by atoms with Gasteiger partial charge in [-0.05, 0) is 36.6 Å². The Morgan fingerprint density at radius 2 is 2.05 bits per heavy atom. The van der Waals surface area contributed by atoms with Gasteiger partial charge in [-0.1, -0.05) is 45.1 Å². The molecule has 1 aromatic carbocycles. The molecular formula is C17H26O2. The number of unbranched alkanes of at least 4 members (excludes halogenated alkanes) is 4. The van der Waals surface area contributed by atoms with Crippen LogP contribution in [0.4, 0.5) is 0 Å². The predicted octanol–water partition coefficient (Wildman–Crippen LogP) is 4.40. The average Bonchev–Trinajstić information content (AvgIpc) is 2.77. The summed E-state index contributed by atoms with van der Waals surface area (Å²) in [6, 6.07) is 6.14. The van der Waals surface area contributed by atoms with Crippen LogP contribution in [0.25, 0.3) is 0 Å². The van der Waals surface area contributed by atoms with E-state index >= 15 is 0 Å². The maximum Gasteiger partial charge on any atom is 0.123 e. The van der Waals surface area contributed by atoms with Gasteiger partial charge in [-0.25, -0.2) is 0 Å². The summed E-state index contributed by atoms with van der Waals surface area (Å²) in [6.45, 7) is 4.31. The van der Waals surface area contributed by atoms with E-state index in [-0.39, 0.29) is 12.2 Å². The zero-order valence-electron chi connectivity index (χ0n) is 12.2. The fraction of sp³-hybridized carbons (Fsp3) is 0.647. The summed E-state index contributed by atoms with van der Waals surface area (Å²) < 4.78 is 5.69. The second kappa shape index (κ2) is 6.95. The summed E-state index contributed by atoms with van der Waals surface area (Å²) in [5.41, 5.74) is 2.29. The molecule has 19 heavy (non-hydrogen) atoms. The zero-order chi connectivity index (χ0) is 13.7. The molecule has 0 bridgehead atoms. The molecule has 0 fully saturated rings. The van der Waals surface area contributed by atoms with E-state index in [1.165, 1.54) is 31.2 Å². The number of benzene rings is 1. The van der Waals surface area contributed by atoms with E-state index < -0.39 is 0 Å². The Labute approximate surface area is 116 Å². The third-order valence-electron chi connectivity index (χ3n) is 3.89. The molecule has 0 spiro atoms. The largest absolute Gasteiger partial charge is 0.490 e. The van der Waals surface area contributed by atoms with Crippen LogP contribution in [0.1, 0.15) is 69.6 Å². The van der Waals surface area contributed by atoms with Crippen molar-refractivity contribution in [3.8, 4) is 5.75 Å². The first-order valence-electron chi connectivity index (χ1n) is 7.68. The lowest BCUT2D eigenvalue weighted by atomic mass is 9.99. The molecule has 0 saturated carbocycles. The fourth-order valence-corrected chi connectivity index (χ4v) is 2.76. The smallest absolute Gasteiger partial charge is 0.123 e. The molecular weight excluding hydrogens is 236 g/mol. The van der Waals surface area contributed by atoms with Gasteiger partial charge in [0.05, 0.1) is 6.10 Å². The van der Waals surface area contributed by atoms with E-state index in [1.54, 1.807) is 0 Å². The number of fused-ring (bicyclic) bond motifs is 1. The van der Waals surface area contributed by atoms with Gasteiger partial charge in [0, 0.05) is 6.42 Å². The van der Waals surface area contributed by atoms with Crippen molar-refractivity contribution in [3.63, 3.8) is 0 Å². The SMILES string of the molecule is CCCCCCCC(O)c1ccc2c(c1)CC(C)O2. The lowest BCUT2D eigenvalue weighted by Gasteiger charge is -2.12. The summed E-state index contributed by atoms with van der Waals surface area (Å²) in [5.74, 6) is 0.992. The Balaban J connectivity index is 1.83. The van der Waals surface area contributed by atoms with Crippen molar-refractivity contribution >= 4 is 0 Å². The highest BCUT2D eigenvalue weighted by Crippen LogP contribution is 2.32. The van der Waals surface area contributed by atoms with Crippen LogP contribution in [0, 0.1) is 0 Å². The number of hydrogen-bond donors (Lipinski definition) is 1. The van der Waals surface area contributed by atoms with Gasteiger partial charge in [0.1, 0.15) is 11.9 Å². The maximum absolute atomic E-state index is 10.2. The second-order valence-electron chi connectivity index (χ2n) is 5.72. The van der Waals surface area contributed by atoms with Gasteiger partial charge in [-0.2, -0.15) is 0 Å². The zero-order valence-corrected chi connectivity index (χ0v) is 12.2. The van der Waals surface area contributed by atoms with Gasteiger partial charge in [0.15, 0.2) is 0 Å². The number of ether oxygens (including phenoxy) is 1. The van der Waals surface area contributed by atoms with E-state index in [1.807, 2.05) is 12.1 Å². The molecule has 2 nitrogen and oxygen atoms in total. The first-order chi connectivity index (χ1) is 9.20. The molecule has 0 saturated heterocycles. The highest BCUT2D eigenvalue weighted by Gasteiger charge is 2.20. The third kappa shape index (κ3) is 3.97. The molecule has 1 heterocycles. The Kier molecular flexibility index (Phi) is 5.26. The van der Waals surface area contributed by atoms with E-state index in [2.05, 4.69) is 19.9 Å². The van der Waals surface area contributed by atoms with Crippen molar-refractivity contribution in [1.82, 2.24) is 0 Å². The molecule has 2 unspecified atom stereocenters. The summed E-state index contributed by atoms with van der Waals surface area (Å²) in [7, 11) is 0. The Morgan fingerprint density at radius 3 is 2.84 bits per heavy atom. The summed E-state index contributed by atoms with van der Waals surface area (Å²) in [5, 5.41) is 10.2. The highest BCUT2D eigenvalue weighted by molar-refractivity contribution is 5.41. The van der Waals surface area contributed by atoms with Gasteiger partial charge >= 0.3 is 0 Å². The van der Waals surface area contributed by atoms with Crippen molar-refractivity contribution in [2.45, 2.75) is 71.0 Å². The van der Waals surface area contributed by atoms with Crippen molar-refractivity contribution in [1.29, 1.82) is 0 Å². The Hall–Kier alpha value is -1.02. The molecule has 2 heteroatoms. The molecule has 0 aliphatic carbocycles. The predicted molar refractivity (Wildman–Crippen MR) is 78.6 cm³/mol. The van der Waals surface area contributed by atoms with E-state index in [9.17, 15) is 5.11 Å². The van der Waals surface area contributed by atoms with Crippen LogP contribution in [-0.2, 0) is 6.42 Å². The topological polar surface area (TPSA) is 29.5 Å².